The van der Waals surface area contributed by atoms with Gasteiger partial charge in [0.25, 0.3) is 0 Å². The Balaban J connectivity index is 2.49. The summed E-state index contributed by atoms with van der Waals surface area (Å²) in [7, 11) is 1.51. The van der Waals surface area contributed by atoms with Crippen LogP contribution >= 0.6 is 0 Å². The quantitative estimate of drug-likeness (QED) is 0.764. The first-order valence-electron chi connectivity index (χ1n) is 6.23. The van der Waals surface area contributed by atoms with Crippen LogP contribution in [0.1, 0.15) is 16.7 Å². The highest BCUT2D eigenvalue weighted by molar-refractivity contribution is 5.91. The molecule has 0 fully saturated rings. The maximum absolute atomic E-state index is 11.6. The summed E-state index contributed by atoms with van der Waals surface area (Å²) in [6.45, 7) is 4.43. The van der Waals surface area contributed by atoms with Gasteiger partial charge in [0, 0.05) is 19.7 Å². The van der Waals surface area contributed by atoms with E-state index in [1.165, 1.54) is 18.7 Å². The van der Waals surface area contributed by atoms with Crippen molar-refractivity contribution in [2.45, 2.75) is 20.0 Å². The Kier molecular flexibility index (Phi) is 6.25. The zero-order valence-corrected chi connectivity index (χ0v) is 11.6. The second-order valence-electron chi connectivity index (χ2n) is 4.55. The lowest BCUT2D eigenvalue weighted by Gasteiger charge is -2.09. The van der Waals surface area contributed by atoms with E-state index in [2.05, 4.69) is 11.4 Å². The fraction of sp³-hybridized carbons (Fsp3) is 0.400. The third-order valence-corrected chi connectivity index (χ3v) is 2.71. The SMILES string of the molecule is COCC(O)CNC(=O)C=Cc1ccc(C)cc1C. The summed E-state index contributed by atoms with van der Waals surface area (Å²) in [4.78, 5) is 11.6. The third kappa shape index (κ3) is 5.68. The predicted octanol–water partition coefficient (Wildman–Crippen LogP) is 1.44. The molecule has 4 nitrogen and oxygen atoms in total. The molecule has 4 heteroatoms. The van der Waals surface area contributed by atoms with E-state index in [0.29, 0.717) is 0 Å². The Morgan fingerprint density at radius 2 is 2.21 bits per heavy atom. The lowest BCUT2D eigenvalue weighted by atomic mass is 10.1. The summed E-state index contributed by atoms with van der Waals surface area (Å²) in [6.07, 6.45) is 2.56. The van der Waals surface area contributed by atoms with E-state index in [-0.39, 0.29) is 19.1 Å². The van der Waals surface area contributed by atoms with Crippen LogP contribution < -0.4 is 5.32 Å². The summed E-state index contributed by atoms with van der Waals surface area (Å²) in [5, 5.41) is 12.0. The molecule has 1 aromatic carbocycles. The van der Waals surface area contributed by atoms with Gasteiger partial charge in [0.05, 0.1) is 12.7 Å². The highest BCUT2D eigenvalue weighted by Gasteiger charge is 2.04. The molecule has 1 amide bonds. The summed E-state index contributed by atoms with van der Waals surface area (Å²) < 4.78 is 4.77. The maximum atomic E-state index is 11.6. The molecule has 0 bridgehead atoms. The zero-order chi connectivity index (χ0) is 14.3. The molecule has 0 aliphatic heterocycles. The van der Waals surface area contributed by atoms with Gasteiger partial charge in [-0.3, -0.25) is 4.79 Å². The second kappa shape index (κ2) is 7.71. The van der Waals surface area contributed by atoms with Crippen molar-refractivity contribution in [2.24, 2.45) is 0 Å². The van der Waals surface area contributed by atoms with Crippen LogP contribution in [0, 0.1) is 13.8 Å². The molecule has 0 aromatic heterocycles. The van der Waals surface area contributed by atoms with Gasteiger partial charge in [-0.1, -0.05) is 23.8 Å². The fourth-order valence-corrected chi connectivity index (χ4v) is 1.71. The van der Waals surface area contributed by atoms with Crippen LogP contribution in [-0.4, -0.2) is 37.4 Å². The number of methoxy groups -OCH3 is 1. The van der Waals surface area contributed by atoms with Crippen molar-refractivity contribution in [3.05, 3.63) is 41.0 Å². The van der Waals surface area contributed by atoms with Crippen LogP contribution in [0.25, 0.3) is 6.08 Å². The molecule has 0 aliphatic rings. The van der Waals surface area contributed by atoms with Crippen molar-refractivity contribution in [2.75, 3.05) is 20.3 Å². The monoisotopic (exact) mass is 263 g/mol. The number of aliphatic hydroxyl groups is 1. The molecule has 0 spiro atoms. The van der Waals surface area contributed by atoms with Gasteiger partial charge in [0.1, 0.15) is 0 Å². The summed E-state index contributed by atoms with van der Waals surface area (Å²) in [5.74, 6) is -0.227. The molecule has 0 saturated heterocycles. The Hall–Kier alpha value is -1.65. The summed E-state index contributed by atoms with van der Waals surface area (Å²) in [6, 6.07) is 6.06. The number of carbonyl (C=O) groups excluding carboxylic acids is 1. The Labute approximate surface area is 114 Å². The fourth-order valence-electron chi connectivity index (χ4n) is 1.71. The highest BCUT2D eigenvalue weighted by atomic mass is 16.5. The first kappa shape index (κ1) is 15.4. The van der Waals surface area contributed by atoms with Gasteiger partial charge in [0.15, 0.2) is 0 Å². The highest BCUT2D eigenvalue weighted by Crippen LogP contribution is 2.11. The molecular weight excluding hydrogens is 242 g/mol. The zero-order valence-electron chi connectivity index (χ0n) is 11.6. The van der Waals surface area contributed by atoms with Crippen LogP contribution in [0.2, 0.25) is 0 Å². The second-order valence-corrected chi connectivity index (χ2v) is 4.55. The minimum atomic E-state index is -0.677. The van der Waals surface area contributed by atoms with Crippen molar-refractivity contribution in [3.8, 4) is 0 Å². The van der Waals surface area contributed by atoms with E-state index in [1.807, 2.05) is 26.0 Å². The lowest BCUT2D eigenvalue weighted by Crippen LogP contribution is -2.33. The minimum absolute atomic E-state index is 0.184. The molecule has 1 aromatic rings. The van der Waals surface area contributed by atoms with Crippen LogP contribution in [0.5, 0.6) is 0 Å². The van der Waals surface area contributed by atoms with E-state index >= 15 is 0 Å². The van der Waals surface area contributed by atoms with Crippen molar-refractivity contribution < 1.29 is 14.6 Å². The third-order valence-electron chi connectivity index (χ3n) is 2.71. The number of amides is 1. The van der Waals surface area contributed by atoms with Crippen molar-refractivity contribution in [3.63, 3.8) is 0 Å². The molecule has 1 atom stereocenters. The topological polar surface area (TPSA) is 58.6 Å². The standard InChI is InChI=1S/C15H21NO3/c1-11-4-5-13(12(2)8-11)6-7-15(18)16-9-14(17)10-19-3/h4-8,14,17H,9-10H2,1-3H3,(H,16,18). The molecule has 2 N–H and O–H groups in total. The molecule has 1 rings (SSSR count). The first-order valence-corrected chi connectivity index (χ1v) is 6.23. The number of nitrogens with one attached hydrogen (secondary N) is 1. The Bertz CT molecular complexity index is 455. The first-order chi connectivity index (χ1) is 9.02. The van der Waals surface area contributed by atoms with Crippen molar-refractivity contribution in [1.82, 2.24) is 5.32 Å². The van der Waals surface area contributed by atoms with Crippen molar-refractivity contribution in [1.29, 1.82) is 0 Å². The predicted molar refractivity (Wildman–Crippen MR) is 75.8 cm³/mol. The molecule has 0 radical (unpaired) electrons. The van der Waals surface area contributed by atoms with Gasteiger partial charge in [-0.25, -0.2) is 0 Å². The van der Waals surface area contributed by atoms with Crippen molar-refractivity contribution >= 4 is 12.0 Å². The number of aryl methyl sites for hydroxylation is 2. The van der Waals surface area contributed by atoms with E-state index in [4.69, 9.17) is 4.74 Å². The van der Waals surface area contributed by atoms with E-state index in [0.717, 1.165) is 11.1 Å². The van der Waals surface area contributed by atoms with E-state index in [1.54, 1.807) is 6.08 Å². The molecule has 0 saturated carbocycles. The molecule has 0 aliphatic carbocycles. The number of rotatable bonds is 6. The van der Waals surface area contributed by atoms with Gasteiger partial charge < -0.3 is 15.2 Å². The van der Waals surface area contributed by atoms with Crippen LogP contribution in [-0.2, 0) is 9.53 Å². The number of hydrogen-bond donors (Lipinski definition) is 2. The smallest absolute Gasteiger partial charge is 0.244 e. The number of benzene rings is 1. The minimum Gasteiger partial charge on any atom is -0.389 e. The molecule has 0 heterocycles. The van der Waals surface area contributed by atoms with Gasteiger partial charge in [-0.2, -0.15) is 0 Å². The number of aliphatic hydroxyl groups excluding tert-OH is 1. The van der Waals surface area contributed by atoms with Crippen LogP contribution in [0.4, 0.5) is 0 Å². The van der Waals surface area contributed by atoms with Gasteiger partial charge in [0.2, 0.25) is 5.91 Å². The summed E-state index contributed by atoms with van der Waals surface area (Å²) >= 11 is 0. The lowest BCUT2D eigenvalue weighted by molar-refractivity contribution is -0.117. The summed E-state index contributed by atoms with van der Waals surface area (Å²) in [5.41, 5.74) is 3.34. The number of hydrogen-bond acceptors (Lipinski definition) is 3. The number of carbonyl (C=O) groups is 1. The van der Waals surface area contributed by atoms with Crippen LogP contribution in [0.3, 0.4) is 0 Å². The average molecular weight is 263 g/mol. The van der Waals surface area contributed by atoms with Gasteiger partial charge in [-0.15, -0.1) is 0 Å². The van der Waals surface area contributed by atoms with Crippen LogP contribution in [0.15, 0.2) is 24.3 Å². The maximum Gasteiger partial charge on any atom is 0.244 e. The molecule has 104 valence electrons. The molecular formula is C15H21NO3. The van der Waals surface area contributed by atoms with Gasteiger partial charge in [-0.05, 0) is 31.1 Å². The molecule has 1 unspecified atom stereocenters. The Morgan fingerprint density at radius 1 is 1.47 bits per heavy atom. The molecule has 19 heavy (non-hydrogen) atoms. The number of ether oxygens (including phenoxy) is 1. The Morgan fingerprint density at radius 3 is 2.84 bits per heavy atom. The van der Waals surface area contributed by atoms with Gasteiger partial charge >= 0.3 is 0 Å². The average Bonchev–Trinajstić information content (AvgIpc) is 2.35. The van der Waals surface area contributed by atoms with E-state index < -0.39 is 6.10 Å². The van der Waals surface area contributed by atoms with E-state index in [9.17, 15) is 9.90 Å². The normalized spacial score (nSPS) is 12.6. The largest absolute Gasteiger partial charge is 0.389 e.